The number of fused-ring (bicyclic) bond motifs is 5. The minimum atomic E-state index is -1.69. The molecular weight excluding hydrogens is 809 g/mol. The number of allylic oxidation sites excluding steroid dienone is 2. The summed E-state index contributed by atoms with van der Waals surface area (Å²) in [6.45, 7) is 1.45. The molecule has 4 heterocycles. The van der Waals surface area contributed by atoms with Gasteiger partial charge < -0.3 is 19.1 Å². The lowest BCUT2D eigenvalue weighted by atomic mass is 9.53. The van der Waals surface area contributed by atoms with Crippen molar-refractivity contribution in [1.29, 1.82) is 0 Å². The number of halogens is 2. The largest absolute Gasteiger partial charge is 0.507 e. The van der Waals surface area contributed by atoms with E-state index in [2.05, 4.69) is 10.4 Å². The van der Waals surface area contributed by atoms with Gasteiger partial charge >= 0.3 is 11.4 Å². The Labute approximate surface area is 351 Å². The lowest BCUT2D eigenvalue weighted by Crippen LogP contribution is -2.53. The zero-order valence-electron chi connectivity index (χ0n) is 33.4. The van der Waals surface area contributed by atoms with Crippen LogP contribution in [-0.2, 0) is 41.6 Å². The molecule has 9 rings (SSSR count). The molecule has 1 saturated heterocycles. The molecule has 17 heteroatoms. The summed E-state index contributed by atoms with van der Waals surface area (Å²) in [6, 6.07) is 19.3. The molecule has 61 heavy (non-hydrogen) atoms. The molecule has 0 spiro atoms. The molecule has 4 atom stereocenters. The first-order chi connectivity index (χ1) is 29.3. The van der Waals surface area contributed by atoms with Gasteiger partial charge in [-0.3, -0.25) is 19.8 Å². The summed E-state index contributed by atoms with van der Waals surface area (Å²) in [5.74, 6) is -3.23. The van der Waals surface area contributed by atoms with Gasteiger partial charge in [0, 0.05) is 48.6 Å². The lowest BCUT2D eigenvalue weighted by Gasteiger charge is -2.49. The maximum Gasteiger partial charge on any atom is 0.347 e. The molecule has 1 aliphatic carbocycles. The van der Waals surface area contributed by atoms with Gasteiger partial charge in [-0.25, -0.2) is 32.9 Å². The van der Waals surface area contributed by atoms with Crippen molar-refractivity contribution in [3.8, 4) is 17.2 Å². The number of carbonyl (C=O) groups is 2. The molecule has 312 valence electrons. The van der Waals surface area contributed by atoms with Gasteiger partial charge in [-0.15, -0.1) is 0 Å². The number of aromatic nitrogens is 5. The Balaban J connectivity index is 1.17. The topological polar surface area (TPSA) is 172 Å². The highest BCUT2D eigenvalue weighted by Gasteiger charge is 2.69. The van der Waals surface area contributed by atoms with Crippen molar-refractivity contribution in [3.63, 3.8) is 0 Å². The van der Waals surface area contributed by atoms with E-state index >= 15 is 4.79 Å². The molecule has 2 amide bonds. The van der Waals surface area contributed by atoms with E-state index in [0.717, 1.165) is 9.58 Å². The summed E-state index contributed by atoms with van der Waals surface area (Å²) in [5.41, 5.74) is 2.65. The van der Waals surface area contributed by atoms with Crippen LogP contribution in [0, 0.1) is 18.7 Å². The molecule has 2 aliphatic heterocycles. The van der Waals surface area contributed by atoms with Crippen LogP contribution in [-0.4, -0.2) is 59.6 Å². The quantitative estimate of drug-likeness (QED) is 0.153. The number of nitrogens with one attached hydrogen (secondary N) is 1. The average Bonchev–Trinajstić information content (AvgIpc) is 3.63. The van der Waals surface area contributed by atoms with E-state index in [1.807, 2.05) is 0 Å². The number of phenols is 1. The number of anilines is 1. The third-order valence-electron chi connectivity index (χ3n) is 12.4. The third-order valence-corrected chi connectivity index (χ3v) is 12.7. The minimum absolute atomic E-state index is 0.0693. The van der Waals surface area contributed by atoms with Gasteiger partial charge in [0.25, 0.3) is 17.4 Å². The zero-order chi connectivity index (χ0) is 43.1. The first-order valence-electron chi connectivity index (χ1n) is 19.5. The maximum absolute atomic E-state index is 15.3. The molecule has 6 aromatic rings. The van der Waals surface area contributed by atoms with E-state index in [4.69, 9.17) is 21.1 Å². The minimum Gasteiger partial charge on any atom is -0.507 e. The fourth-order valence-corrected chi connectivity index (χ4v) is 9.63. The smallest absolute Gasteiger partial charge is 0.347 e. The van der Waals surface area contributed by atoms with Gasteiger partial charge in [-0.2, -0.15) is 5.01 Å². The summed E-state index contributed by atoms with van der Waals surface area (Å²) in [7, 11) is 4.56. The summed E-state index contributed by atoms with van der Waals surface area (Å²) in [6.07, 6.45) is 1.62. The Kier molecular flexibility index (Phi) is 9.49. The summed E-state index contributed by atoms with van der Waals surface area (Å²) < 4.78 is 29.9. The fourth-order valence-electron chi connectivity index (χ4n) is 9.51. The summed E-state index contributed by atoms with van der Waals surface area (Å²) >= 11 is 6.37. The highest BCUT2D eigenvalue weighted by Crippen LogP contribution is 2.63. The molecule has 3 aliphatic rings. The molecule has 2 N–H and O–H groups in total. The number of hydrazine groups is 1. The average molecular weight is 848 g/mol. The number of ether oxygens (including phenoxy) is 2. The number of hydrogen-bond acceptors (Lipinski definition) is 10. The Hall–Kier alpha value is -6.94. The Morgan fingerprint density at radius 2 is 1.66 bits per heavy atom. The number of amides is 2. The van der Waals surface area contributed by atoms with Crippen LogP contribution < -0.4 is 31.8 Å². The van der Waals surface area contributed by atoms with Crippen molar-refractivity contribution in [2.24, 2.45) is 13.0 Å². The molecule has 0 radical (unpaired) electrons. The number of carbonyl (C=O) groups excluding carboxylic acids is 2. The van der Waals surface area contributed by atoms with E-state index in [1.165, 1.54) is 52.4 Å². The van der Waals surface area contributed by atoms with E-state index < -0.39 is 57.9 Å². The van der Waals surface area contributed by atoms with E-state index in [0.29, 0.717) is 49.8 Å². The lowest BCUT2D eigenvalue weighted by molar-refractivity contribution is -0.138. The number of nitrogens with zero attached hydrogens (tertiary/aromatic N) is 6. The molecule has 0 bridgehead atoms. The number of hydrogen-bond donors (Lipinski definition) is 2. The van der Waals surface area contributed by atoms with Crippen LogP contribution in [0.25, 0.3) is 11.0 Å². The highest BCUT2D eigenvalue weighted by molar-refractivity contribution is 6.30. The van der Waals surface area contributed by atoms with Crippen LogP contribution in [0.5, 0.6) is 17.2 Å². The third kappa shape index (κ3) is 5.90. The van der Waals surface area contributed by atoms with Gasteiger partial charge in [-0.05, 0) is 66.4 Å². The first-order valence-corrected chi connectivity index (χ1v) is 19.9. The summed E-state index contributed by atoms with van der Waals surface area (Å²) in [5, 5.41) is 13.1. The van der Waals surface area contributed by atoms with E-state index in [-0.39, 0.29) is 43.1 Å². The van der Waals surface area contributed by atoms with Crippen LogP contribution in [0.15, 0.2) is 105 Å². The van der Waals surface area contributed by atoms with Crippen molar-refractivity contribution in [2.75, 3.05) is 19.6 Å². The second kappa shape index (κ2) is 14.7. The number of benzene rings is 4. The number of imide groups is 1. The number of aromatic hydroxyl groups is 1. The van der Waals surface area contributed by atoms with Gasteiger partial charge in [0.2, 0.25) is 0 Å². The second-order valence-electron chi connectivity index (χ2n) is 15.4. The number of aryl methyl sites for hydroxylation is 3. The normalized spacial score (nSPS) is 20.6. The molecular formula is C44H39ClFN7O8. The Morgan fingerprint density at radius 3 is 2.36 bits per heavy atom. The molecule has 2 aromatic heterocycles. The molecule has 4 unspecified atom stereocenters. The number of rotatable bonds is 9. The predicted molar refractivity (Wildman–Crippen MR) is 223 cm³/mol. The number of phenolic OH excluding ortho intramolecular Hbond substituents is 1. The van der Waals surface area contributed by atoms with Crippen LogP contribution in [0.2, 0.25) is 5.02 Å². The SMILES string of the molecule is COc1cc2nc(CCn3c(=O)n4n(c3=O)C3CC5C(=O)N(Nc6ccc(F)cc6)C(=O)C5(c5ccc(Cl)cc5)C(c5cccc(C)c5O)C3=CC4)c(=O)n(C)c2cc1OC. The monoisotopic (exact) mass is 847 g/mol. The van der Waals surface area contributed by atoms with Crippen molar-refractivity contribution in [1.82, 2.24) is 28.5 Å². The van der Waals surface area contributed by atoms with Crippen molar-refractivity contribution < 1.29 is 28.6 Å². The number of para-hydroxylation sites is 1. The highest BCUT2D eigenvalue weighted by atomic mass is 35.5. The Bertz CT molecular complexity index is 3030. The fraction of sp³-hybridized carbons (Fsp3) is 0.273. The van der Waals surface area contributed by atoms with Gasteiger partial charge in [0.15, 0.2) is 11.5 Å². The molecule has 2 fully saturated rings. The van der Waals surface area contributed by atoms with Crippen molar-refractivity contribution >= 4 is 40.1 Å². The van der Waals surface area contributed by atoms with Gasteiger partial charge in [-0.1, -0.05) is 48.0 Å². The molecule has 15 nitrogen and oxygen atoms in total. The second-order valence-corrected chi connectivity index (χ2v) is 15.9. The van der Waals surface area contributed by atoms with Crippen LogP contribution in [0.3, 0.4) is 0 Å². The van der Waals surface area contributed by atoms with Crippen LogP contribution in [0.1, 0.15) is 40.8 Å². The molecule has 4 aromatic carbocycles. The van der Waals surface area contributed by atoms with Gasteiger partial charge in [0.1, 0.15) is 17.3 Å². The standard InChI is InChI=1S/C44H39ClFN7O8/c1-23-6-5-7-29(38(23)54)37-28-16-19-51-42(58)50(18-17-31-40(56)49(2)34-22-36(61-4)35(60-3)21-32(34)47-31)43(59)53(51)33(28)20-30-39(55)52(48-27-14-12-26(46)13-15-27)41(57)44(30,37)24-8-10-25(45)11-9-24/h5-16,21-22,30,33,37,48,54H,17-20H2,1-4H3. The van der Waals surface area contributed by atoms with Crippen LogP contribution in [0.4, 0.5) is 10.1 Å². The maximum atomic E-state index is 15.3. The summed E-state index contributed by atoms with van der Waals surface area (Å²) in [4.78, 5) is 77.1. The van der Waals surface area contributed by atoms with Crippen molar-refractivity contribution in [2.45, 2.75) is 50.2 Å². The van der Waals surface area contributed by atoms with Crippen molar-refractivity contribution in [3.05, 3.63) is 155 Å². The predicted octanol–water partition coefficient (Wildman–Crippen LogP) is 4.74. The van der Waals surface area contributed by atoms with E-state index in [9.17, 15) is 28.7 Å². The zero-order valence-corrected chi connectivity index (χ0v) is 34.1. The number of methoxy groups -OCH3 is 2. The van der Waals surface area contributed by atoms with Crippen LogP contribution >= 0.6 is 11.6 Å². The van der Waals surface area contributed by atoms with Gasteiger partial charge in [0.05, 0.1) is 54.9 Å². The molecule has 1 saturated carbocycles. The Morgan fingerprint density at radius 1 is 0.951 bits per heavy atom. The van der Waals surface area contributed by atoms with E-state index in [1.54, 1.807) is 74.6 Å². The first kappa shape index (κ1) is 39.5.